The zero-order chi connectivity index (χ0) is 17.8. The topological polar surface area (TPSA) is 51.2 Å². The SMILES string of the molecule is COc1ccc(C(=O)Nc2ccc(Sc3nc(C)cs3)cc2)c(F)c1. The van der Waals surface area contributed by atoms with Gasteiger partial charge in [-0.05, 0) is 43.3 Å². The number of thiazole rings is 1. The van der Waals surface area contributed by atoms with Crippen molar-refractivity contribution >= 4 is 34.7 Å². The first-order valence-corrected chi connectivity index (χ1v) is 9.09. The lowest BCUT2D eigenvalue weighted by molar-refractivity contribution is 0.102. The third-order valence-corrected chi connectivity index (χ3v) is 5.40. The quantitative estimate of drug-likeness (QED) is 0.683. The zero-order valence-electron chi connectivity index (χ0n) is 13.6. The molecular formula is C18H15FN2O2S2. The number of nitrogens with one attached hydrogen (secondary N) is 1. The number of anilines is 1. The van der Waals surface area contributed by atoms with Crippen LogP contribution in [0, 0.1) is 12.7 Å². The molecule has 7 heteroatoms. The number of rotatable bonds is 5. The zero-order valence-corrected chi connectivity index (χ0v) is 15.2. The van der Waals surface area contributed by atoms with Crippen LogP contribution >= 0.6 is 23.1 Å². The highest BCUT2D eigenvalue weighted by molar-refractivity contribution is 8.01. The summed E-state index contributed by atoms with van der Waals surface area (Å²) in [5, 5.41) is 4.69. The number of halogens is 1. The third kappa shape index (κ3) is 4.37. The van der Waals surface area contributed by atoms with Crippen molar-refractivity contribution in [2.45, 2.75) is 16.2 Å². The Bertz CT molecular complexity index is 894. The molecule has 0 aliphatic rings. The first-order valence-electron chi connectivity index (χ1n) is 7.40. The summed E-state index contributed by atoms with van der Waals surface area (Å²) in [7, 11) is 1.45. The minimum absolute atomic E-state index is 0.0301. The second-order valence-electron chi connectivity index (χ2n) is 5.18. The summed E-state index contributed by atoms with van der Waals surface area (Å²) in [6, 6.07) is 11.5. The Morgan fingerprint density at radius 2 is 2.00 bits per heavy atom. The maximum atomic E-state index is 13.9. The average molecular weight is 374 g/mol. The molecule has 0 atom stereocenters. The summed E-state index contributed by atoms with van der Waals surface area (Å²) in [5.74, 6) is -0.757. The van der Waals surface area contributed by atoms with Crippen LogP contribution in [0.5, 0.6) is 5.75 Å². The van der Waals surface area contributed by atoms with E-state index in [0.717, 1.165) is 14.9 Å². The van der Waals surface area contributed by atoms with Crippen LogP contribution in [0.2, 0.25) is 0 Å². The molecule has 0 saturated carbocycles. The number of benzene rings is 2. The van der Waals surface area contributed by atoms with Crippen LogP contribution in [-0.2, 0) is 0 Å². The second kappa shape index (κ2) is 7.67. The van der Waals surface area contributed by atoms with Gasteiger partial charge in [-0.3, -0.25) is 4.79 Å². The molecule has 0 spiro atoms. The first-order chi connectivity index (χ1) is 12.0. The van der Waals surface area contributed by atoms with Gasteiger partial charge >= 0.3 is 0 Å². The molecule has 0 bridgehead atoms. The molecule has 1 aromatic heterocycles. The largest absolute Gasteiger partial charge is 0.497 e. The van der Waals surface area contributed by atoms with Crippen LogP contribution in [0.15, 0.2) is 57.1 Å². The van der Waals surface area contributed by atoms with Crippen LogP contribution in [0.4, 0.5) is 10.1 Å². The van der Waals surface area contributed by atoms with Crippen molar-refractivity contribution < 1.29 is 13.9 Å². The van der Waals surface area contributed by atoms with Crippen molar-refractivity contribution in [1.29, 1.82) is 0 Å². The minimum Gasteiger partial charge on any atom is -0.497 e. The van der Waals surface area contributed by atoms with Crippen molar-refractivity contribution in [3.63, 3.8) is 0 Å². The Labute approximate surface area is 153 Å². The highest BCUT2D eigenvalue weighted by Crippen LogP contribution is 2.31. The fraction of sp³-hybridized carbons (Fsp3) is 0.111. The normalized spacial score (nSPS) is 10.5. The van der Waals surface area contributed by atoms with Gasteiger partial charge in [0.15, 0.2) is 4.34 Å². The minimum atomic E-state index is -0.622. The van der Waals surface area contributed by atoms with E-state index in [2.05, 4.69) is 10.3 Å². The molecule has 2 aromatic carbocycles. The number of carbonyl (C=O) groups excluding carboxylic acids is 1. The number of hydrogen-bond donors (Lipinski definition) is 1. The second-order valence-corrected chi connectivity index (χ2v) is 7.36. The predicted octanol–water partition coefficient (Wildman–Crippen LogP) is 5.00. The van der Waals surface area contributed by atoms with Gasteiger partial charge in [-0.1, -0.05) is 11.8 Å². The summed E-state index contributed by atoms with van der Waals surface area (Å²) in [4.78, 5) is 17.6. The van der Waals surface area contributed by atoms with Crippen LogP contribution < -0.4 is 10.1 Å². The molecule has 3 rings (SSSR count). The molecule has 0 saturated heterocycles. The van der Waals surface area contributed by atoms with E-state index in [4.69, 9.17) is 4.74 Å². The monoisotopic (exact) mass is 374 g/mol. The molecule has 0 fully saturated rings. The number of ether oxygens (including phenoxy) is 1. The molecule has 1 heterocycles. The number of methoxy groups -OCH3 is 1. The van der Waals surface area contributed by atoms with E-state index in [9.17, 15) is 9.18 Å². The summed E-state index contributed by atoms with van der Waals surface area (Å²) >= 11 is 3.15. The van der Waals surface area contributed by atoms with Crippen molar-refractivity contribution in [1.82, 2.24) is 4.98 Å². The van der Waals surface area contributed by atoms with Crippen molar-refractivity contribution in [2.24, 2.45) is 0 Å². The standard InChI is InChI=1S/C18H15FN2O2S2/c1-11-10-24-18(20-11)25-14-6-3-12(4-7-14)21-17(22)15-8-5-13(23-2)9-16(15)19/h3-10H,1-2H3,(H,21,22). The Morgan fingerprint density at radius 1 is 1.24 bits per heavy atom. The van der Waals surface area contributed by atoms with E-state index < -0.39 is 11.7 Å². The maximum absolute atomic E-state index is 13.9. The van der Waals surface area contributed by atoms with Gasteiger partial charge in [-0.15, -0.1) is 11.3 Å². The average Bonchev–Trinajstić information content (AvgIpc) is 3.01. The molecule has 128 valence electrons. The molecule has 0 unspecified atom stereocenters. The number of aromatic nitrogens is 1. The number of aryl methyl sites for hydroxylation is 1. The summed E-state index contributed by atoms with van der Waals surface area (Å²) in [5.41, 5.74) is 1.57. The lowest BCUT2D eigenvalue weighted by Gasteiger charge is -2.08. The lowest BCUT2D eigenvalue weighted by atomic mass is 10.2. The third-order valence-electron chi connectivity index (χ3n) is 3.34. The van der Waals surface area contributed by atoms with E-state index in [-0.39, 0.29) is 5.56 Å². The van der Waals surface area contributed by atoms with Gasteiger partial charge in [0.05, 0.1) is 12.7 Å². The van der Waals surface area contributed by atoms with Crippen molar-refractivity contribution in [3.8, 4) is 5.75 Å². The highest BCUT2D eigenvalue weighted by Gasteiger charge is 2.13. The Hall–Kier alpha value is -2.38. The first kappa shape index (κ1) is 17.4. The van der Waals surface area contributed by atoms with Crippen LogP contribution in [0.25, 0.3) is 0 Å². The van der Waals surface area contributed by atoms with Crippen molar-refractivity contribution in [2.75, 3.05) is 12.4 Å². The molecule has 3 aromatic rings. The van der Waals surface area contributed by atoms with Crippen LogP contribution in [0.1, 0.15) is 16.1 Å². The maximum Gasteiger partial charge on any atom is 0.258 e. The lowest BCUT2D eigenvalue weighted by Crippen LogP contribution is -2.13. The Morgan fingerprint density at radius 3 is 2.60 bits per heavy atom. The Balaban J connectivity index is 1.67. The van der Waals surface area contributed by atoms with E-state index in [1.165, 1.54) is 19.2 Å². The van der Waals surface area contributed by atoms with Crippen LogP contribution in [-0.4, -0.2) is 18.0 Å². The van der Waals surface area contributed by atoms with E-state index in [1.54, 1.807) is 41.3 Å². The molecular weight excluding hydrogens is 359 g/mol. The van der Waals surface area contributed by atoms with Gasteiger partial charge in [0.2, 0.25) is 0 Å². The molecule has 4 nitrogen and oxygen atoms in total. The van der Waals surface area contributed by atoms with E-state index in [1.807, 2.05) is 24.4 Å². The number of carbonyl (C=O) groups is 1. The molecule has 1 N–H and O–H groups in total. The van der Waals surface area contributed by atoms with Gasteiger partial charge < -0.3 is 10.1 Å². The van der Waals surface area contributed by atoms with Gasteiger partial charge in [0.1, 0.15) is 11.6 Å². The highest BCUT2D eigenvalue weighted by atomic mass is 32.2. The smallest absolute Gasteiger partial charge is 0.258 e. The summed E-state index contributed by atoms with van der Waals surface area (Å²) < 4.78 is 19.8. The summed E-state index contributed by atoms with van der Waals surface area (Å²) in [6.07, 6.45) is 0. The number of hydrogen-bond acceptors (Lipinski definition) is 5. The van der Waals surface area contributed by atoms with Crippen molar-refractivity contribution in [3.05, 3.63) is 64.9 Å². The number of amides is 1. The fourth-order valence-electron chi connectivity index (χ4n) is 2.09. The molecule has 0 aliphatic carbocycles. The summed E-state index contributed by atoms with van der Waals surface area (Å²) in [6.45, 7) is 1.96. The van der Waals surface area contributed by atoms with E-state index >= 15 is 0 Å². The van der Waals surface area contributed by atoms with Gasteiger partial charge in [0, 0.05) is 27.7 Å². The molecule has 0 radical (unpaired) electrons. The molecule has 1 amide bonds. The molecule has 25 heavy (non-hydrogen) atoms. The Kier molecular flexibility index (Phi) is 5.35. The van der Waals surface area contributed by atoms with Gasteiger partial charge in [-0.2, -0.15) is 0 Å². The van der Waals surface area contributed by atoms with E-state index in [0.29, 0.717) is 11.4 Å². The predicted molar refractivity (Wildman–Crippen MR) is 98.3 cm³/mol. The van der Waals surface area contributed by atoms with Gasteiger partial charge in [0.25, 0.3) is 5.91 Å². The van der Waals surface area contributed by atoms with Crippen LogP contribution in [0.3, 0.4) is 0 Å². The fourth-order valence-corrected chi connectivity index (χ4v) is 3.90. The molecule has 0 aliphatic heterocycles. The number of nitrogens with zero attached hydrogens (tertiary/aromatic N) is 1. The van der Waals surface area contributed by atoms with Gasteiger partial charge in [-0.25, -0.2) is 9.37 Å².